The normalized spacial score (nSPS) is 39.6. The summed E-state index contributed by atoms with van der Waals surface area (Å²) in [6.07, 6.45) is 7.03. The molecule has 2 unspecified atom stereocenters. The van der Waals surface area contributed by atoms with E-state index in [1.165, 1.54) is 19.3 Å². The van der Waals surface area contributed by atoms with E-state index in [2.05, 4.69) is 4.90 Å². The van der Waals surface area contributed by atoms with Gasteiger partial charge < -0.3 is 24.5 Å². The van der Waals surface area contributed by atoms with Gasteiger partial charge in [0.2, 0.25) is 11.8 Å². The molecule has 7 heteroatoms. The van der Waals surface area contributed by atoms with Crippen LogP contribution in [0.3, 0.4) is 0 Å². The van der Waals surface area contributed by atoms with Crippen LogP contribution in [-0.4, -0.2) is 95.2 Å². The molecule has 142 valence electrons. The summed E-state index contributed by atoms with van der Waals surface area (Å²) in [5.74, 6) is -0.805. The van der Waals surface area contributed by atoms with Gasteiger partial charge in [0.05, 0.1) is 30.6 Å². The van der Waals surface area contributed by atoms with E-state index in [1.807, 2.05) is 17.1 Å². The summed E-state index contributed by atoms with van der Waals surface area (Å²) in [5, 5.41) is 9.50. The predicted molar refractivity (Wildman–Crippen MR) is 93.2 cm³/mol. The number of fused-ring (bicyclic) bond motifs is 1. The lowest BCUT2D eigenvalue weighted by atomic mass is 9.76. The van der Waals surface area contributed by atoms with Crippen LogP contribution in [0.15, 0.2) is 12.2 Å². The number of hydrogen-bond donors (Lipinski definition) is 1. The average molecular weight is 361 g/mol. The third-order valence-corrected chi connectivity index (χ3v) is 6.77. The van der Waals surface area contributed by atoms with Gasteiger partial charge >= 0.3 is 0 Å². The van der Waals surface area contributed by atoms with E-state index in [4.69, 9.17) is 4.74 Å². The van der Waals surface area contributed by atoms with Gasteiger partial charge in [0.15, 0.2) is 0 Å². The monoisotopic (exact) mass is 361 g/mol. The molecule has 5 heterocycles. The van der Waals surface area contributed by atoms with Crippen LogP contribution in [0.4, 0.5) is 0 Å². The molecular weight excluding hydrogens is 334 g/mol. The molecule has 1 spiro atoms. The second-order valence-corrected chi connectivity index (χ2v) is 8.46. The van der Waals surface area contributed by atoms with Crippen LogP contribution in [-0.2, 0) is 14.3 Å². The summed E-state index contributed by atoms with van der Waals surface area (Å²) in [6.45, 7) is 5.16. The number of nitrogens with zero attached hydrogens (tertiary/aromatic N) is 3. The summed E-state index contributed by atoms with van der Waals surface area (Å²) in [7, 11) is 0. The van der Waals surface area contributed by atoms with Gasteiger partial charge in [-0.25, -0.2) is 0 Å². The number of ether oxygens (including phenoxy) is 1. The van der Waals surface area contributed by atoms with E-state index in [1.54, 1.807) is 4.90 Å². The van der Waals surface area contributed by atoms with Crippen molar-refractivity contribution in [2.24, 2.45) is 11.8 Å². The number of hydrogen-bond acceptors (Lipinski definition) is 5. The first-order valence-corrected chi connectivity index (χ1v) is 9.93. The number of carbonyl (C=O) groups excluding carboxylic acids is 2. The van der Waals surface area contributed by atoms with Crippen LogP contribution in [0.2, 0.25) is 0 Å². The van der Waals surface area contributed by atoms with Crippen LogP contribution < -0.4 is 0 Å². The second-order valence-electron chi connectivity index (χ2n) is 8.46. The Morgan fingerprint density at radius 2 is 2.00 bits per heavy atom. The fraction of sp³-hybridized carbons (Fsp3) is 0.789. The molecule has 0 aromatic heterocycles. The lowest BCUT2D eigenvalue weighted by molar-refractivity contribution is -0.151. The van der Waals surface area contributed by atoms with Crippen molar-refractivity contribution in [3.8, 4) is 0 Å². The van der Waals surface area contributed by atoms with Gasteiger partial charge in [0.1, 0.15) is 5.60 Å². The van der Waals surface area contributed by atoms with Crippen molar-refractivity contribution < 1.29 is 19.4 Å². The highest BCUT2D eigenvalue weighted by atomic mass is 16.5. The highest BCUT2D eigenvalue weighted by Gasteiger charge is 2.67. The highest BCUT2D eigenvalue weighted by molar-refractivity contribution is 5.93. The number of rotatable bonds is 4. The first-order chi connectivity index (χ1) is 12.6. The molecule has 2 bridgehead atoms. The minimum Gasteiger partial charge on any atom is -0.389 e. The molecule has 1 N–H and O–H groups in total. The van der Waals surface area contributed by atoms with Crippen molar-refractivity contribution in [2.45, 2.75) is 37.1 Å². The third-order valence-electron chi connectivity index (χ3n) is 6.77. The Morgan fingerprint density at radius 1 is 1.23 bits per heavy atom. The maximum absolute atomic E-state index is 13.1. The van der Waals surface area contributed by atoms with E-state index < -0.39 is 23.5 Å². The molecule has 4 fully saturated rings. The average Bonchev–Trinajstić information content (AvgIpc) is 3.26. The van der Waals surface area contributed by atoms with Crippen molar-refractivity contribution in [3.63, 3.8) is 0 Å². The number of aliphatic hydroxyl groups excluding tert-OH is 1. The minimum absolute atomic E-state index is 0.0391. The zero-order valence-electron chi connectivity index (χ0n) is 15.0. The van der Waals surface area contributed by atoms with Crippen LogP contribution in [0.25, 0.3) is 0 Å². The molecule has 5 aliphatic heterocycles. The number of likely N-dealkylation sites (tertiary alicyclic amines) is 3. The quantitative estimate of drug-likeness (QED) is 0.681. The van der Waals surface area contributed by atoms with Crippen molar-refractivity contribution in [3.05, 3.63) is 12.2 Å². The molecule has 4 saturated heterocycles. The van der Waals surface area contributed by atoms with Crippen LogP contribution in [0, 0.1) is 11.8 Å². The van der Waals surface area contributed by atoms with Crippen LogP contribution in [0.1, 0.15) is 19.3 Å². The van der Waals surface area contributed by atoms with Crippen molar-refractivity contribution in [2.75, 3.05) is 45.8 Å². The molecule has 5 aliphatic rings. The Hall–Kier alpha value is -1.44. The summed E-state index contributed by atoms with van der Waals surface area (Å²) in [6, 6.07) is 0. The summed E-state index contributed by atoms with van der Waals surface area (Å²) in [4.78, 5) is 32.0. The number of carbonyl (C=O) groups is 2. The SMILES string of the molecule is O=C(C1C2C(=O)N(CCN3CCCCC3)C[C@]23C=C[C@H]1O3)N1CC(O)C1. The van der Waals surface area contributed by atoms with Gasteiger partial charge in [-0.2, -0.15) is 0 Å². The molecule has 5 rings (SSSR count). The Bertz CT molecular complexity index is 641. The van der Waals surface area contributed by atoms with E-state index in [0.717, 1.165) is 19.6 Å². The Balaban J connectivity index is 1.28. The number of β-amino-alcohol motifs (C(OH)–C–C–N with tert-alkyl or cyclic N) is 1. The van der Waals surface area contributed by atoms with Crippen molar-refractivity contribution in [1.29, 1.82) is 0 Å². The lowest BCUT2D eigenvalue weighted by Crippen LogP contribution is -2.57. The first kappa shape index (κ1) is 16.7. The lowest BCUT2D eigenvalue weighted by Gasteiger charge is -2.39. The number of aliphatic hydroxyl groups is 1. The molecule has 0 aliphatic carbocycles. The standard InChI is InChI=1S/C19H27N3O4/c23-13-10-22(11-13)17(24)15-14-4-5-19(26-14)12-21(18(25)16(15)19)9-8-20-6-2-1-3-7-20/h4-5,13-16,23H,1-3,6-12H2/t14-,15?,16?,19-/m1/s1. The van der Waals surface area contributed by atoms with Gasteiger partial charge in [-0.3, -0.25) is 9.59 Å². The van der Waals surface area contributed by atoms with Gasteiger partial charge in [-0.1, -0.05) is 18.6 Å². The zero-order valence-corrected chi connectivity index (χ0v) is 15.0. The maximum atomic E-state index is 13.1. The Morgan fingerprint density at radius 3 is 2.73 bits per heavy atom. The van der Waals surface area contributed by atoms with Gasteiger partial charge in [0.25, 0.3) is 0 Å². The highest BCUT2D eigenvalue weighted by Crippen LogP contribution is 2.52. The van der Waals surface area contributed by atoms with E-state index >= 15 is 0 Å². The molecule has 0 radical (unpaired) electrons. The van der Waals surface area contributed by atoms with E-state index in [0.29, 0.717) is 26.2 Å². The zero-order chi connectivity index (χ0) is 17.9. The molecule has 7 nitrogen and oxygen atoms in total. The van der Waals surface area contributed by atoms with Gasteiger partial charge in [0, 0.05) is 26.2 Å². The largest absolute Gasteiger partial charge is 0.389 e. The van der Waals surface area contributed by atoms with Crippen LogP contribution in [0.5, 0.6) is 0 Å². The summed E-state index contributed by atoms with van der Waals surface area (Å²) >= 11 is 0. The topological polar surface area (TPSA) is 73.3 Å². The molecule has 2 amide bonds. The molecule has 4 atom stereocenters. The Labute approximate surface area is 153 Å². The molecule has 0 aromatic carbocycles. The van der Waals surface area contributed by atoms with Gasteiger partial charge in [-0.05, 0) is 25.9 Å². The minimum atomic E-state index is -0.618. The summed E-state index contributed by atoms with van der Waals surface area (Å²) in [5.41, 5.74) is -0.618. The van der Waals surface area contributed by atoms with Gasteiger partial charge in [-0.15, -0.1) is 0 Å². The molecular formula is C19H27N3O4. The van der Waals surface area contributed by atoms with E-state index in [9.17, 15) is 14.7 Å². The first-order valence-electron chi connectivity index (χ1n) is 9.93. The third kappa shape index (κ3) is 2.44. The maximum Gasteiger partial charge on any atom is 0.230 e. The summed E-state index contributed by atoms with van der Waals surface area (Å²) < 4.78 is 6.16. The van der Waals surface area contributed by atoms with Crippen molar-refractivity contribution in [1.82, 2.24) is 14.7 Å². The number of piperidine rings is 1. The fourth-order valence-electron chi connectivity index (χ4n) is 5.34. The number of amides is 2. The molecule has 0 saturated carbocycles. The van der Waals surface area contributed by atoms with E-state index in [-0.39, 0.29) is 17.9 Å². The molecule has 26 heavy (non-hydrogen) atoms. The molecule has 0 aromatic rings. The Kier molecular flexibility index (Phi) is 3.88. The van der Waals surface area contributed by atoms with Crippen LogP contribution >= 0.6 is 0 Å². The smallest absolute Gasteiger partial charge is 0.230 e. The van der Waals surface area contributed by atoms with Crippen molar-refractivity contribution >= 4 is 11.8 Å². The second kappa shape index (κ2) is 6.04. The predicted octanol–water partition coefficient (Wildman–Crippen LogP) is -0.543. The fourth-order valence-corrected chi connectivity index (χ4v) is 5.34.